The van der Waals surface area contributed by atoms with E-state index in [0.29, 0.717) is 12.1 Å². The molecule has 0 fully saturated rings. The summed E-state index contributed by atoms with van der Waals surface area (Å²) in [6.07, 6.45) is -19.4. The highest BCUT2D eigenvalue weighted by molar-refractivity contribution is 6.56. The molecular weight excluding hydrogens is 923 g/mol. The number of likely N-dealkylation sites (N-methyl/N-ethyl adjacent to an activating group) is 2. The Morgan fingerprint density at radius 1 is 0.500 bits per heavy atom. The van der Waals surface area contributed by atoms with Crippen molar-refractivity contribution in [2.45, 2.75) is 38.6 Å². The first-order chi connectivity index (χ1) is 32.0. The third kappa shape index (κ3) is 8.53. The van der Waals surface area contributed by atoms with Gasteiger partial charge in [-0.1, -0.05) is 24.3 Å². The number of fused-ring (bicyclic) bond motifs is 2. The molecule has 0 unspecified atom stereocenters. The first-order valence-corrected chi connectivity index (χ1v) is 19.8. The molecule has 4 heterocycles. The van der Waals surface area contributed by atoms with Crippen LogP contribution in [0.25, 0.3) is 0 Å². The van der Waals surface area contributed by atoms with E-state index in [9.17, 15) is 63.2 Å². The first-order valence-electron chi connectivity index (χ1n) is 19.8. The zero-order valence-electron chi connectivity index (χ0n) is 34.7. The normalized spacial score (nSPS) is 14.9. The Morgan fingerprint density at radius 2 is 0.897 bits per heavy atom. The van der Waals surface area contributed by atoms with Crippen LogP contribution in [0.5, 0.6) is 0 Å². The van der Waals surface area contributed by atoms with Gasteiger partial charge in [-0.05, 0) is 92.7 Å². The Hall–Kier alpha value is -8.21. The molecule has 0 aliphatic carbocycles. The number of aromatic nitrogens is 1. The summed E-state index contributed by atoms with van der Waals surface area (Å²) in [7, 11) is 0. The lowest BCUT2D eigenvalue weighted by atomic mass is 10.1. The van der Waals surface area contributed by atoms with Gasteiger partial charge >= 0.3 is 24.7 Å². The van der Waals surface area contributed by atoms with E-state index in [1.165, 1.54) is 34.1 Å². The molecule has 0 amide bonds. The monoisotopic (exact) mass is 949 g/mol. The van der Waals surface area contributed by atoms with Gasteiger partial charge in [0.25, 0.3) is 0 Å². The van der Waals surface area contributed by atoms with Crippen LogP contribution < -0.4 is 19.6 Å². The summed E-state index contributed by atoms with van der Waals surface area (Å²) in [5, 5.41) is 20.1. The summed E-state index contributed by atoms with van der Waals surface area (Å²) < 4.78 is 170. The average Bonchev–Trinajstić information content (AvgIpc) is 3.93. The van der Waals surface area contributed by atoms with E-state index in [0.717, 1.165) is 76.5 Å². The Morgan fingerprint density at radius 3 is 1.31 bits per heavy atom. The second-order valence-corrected chi connectivity index (χ2v) is 14.7. The summed E-state index contributed by atoms with van der Waals surface area (Å²) >= 11 is 0. The number of nitriles is 2. The maximum absolute atomic E-state index is 14.2. The Kier molecular flexibility index (Phi) is 11.5. The van der Waals surface area contributed by atoms with Crippen LogP contribution in [0.3, 0.4) is 0 Å². The standard InChI is InChI=1S/C45H27F12N11/c1-3-65(29-13-5-9-25(18-29)42(46,47)48)38-39(66(4-2)30-14-6-10-26(19-30)43(49,50)51)62-35(61-38)36-63-40-41(64-36)68(32-16-8-12-28(21-32)45(55,56)57)37-34(17-24(22-58)33(23-59)60-37)67(40)31-15-7-11-27(20-31)44(52,53)54/h5-21H,3-4H2,1-2H3. The highest BCUT2D eigenvalue weighted by atomic mass is 19.4. The quantitative estimate of drug-likeness (QED) is 0.155. The molecule has 0 atom stereocenters. The third-order valence-electron chi connectivity index (χ3n) is 10.5. The van der Waals surface area contributed by atoms with E-state index in [2.05, 4.69) is 25.0 Å². The number of halogens is 12. The highest BCUT2D eigenvalue weighted by Gasteiger charge is 2.44. The lowest BCUT2D eigenvalue weighted by molar-refractivity contribution is -0.138. The predicted octanol–water partition coefficient (Wildman–Crippen LogP) is 12.0. The van der Waals surface area contributed by atoms with E-state index in [-0.39, 0.29) is 70.4 Å². The summed E-state index contributed by atoms with van der Waals surface area (Å²) in [5.74, 6) is -2.53. The number of hydrogen-bond acceptors (Lipinski definition) is 11. The minimum absolute atomic E-state index is 0.0765. The smallest absolute Gasteiger partial charge is 0.323 e. The van der Waals surface area contributed by atoms with Gasteiger partial charge < -0.3 is 9.80 Å². The number of alkyl halides is 12. The molecule has 8 rings (SSSR count). The van der Waals surface area contributed by atoms with Crippen molar-refractivity contribution in [3.63, 3.8) is 0 Å². The molecule has 68 heavy (non-hydrogen) atoms. The molecule has 346 valence electrons. The first kappa shape index (κ1) is 46.3. The van der Waals surface area contributed by atoms with Gasteiger partial charge in [0, 0.05) is 35.8 Å². The van der Waals surface area contributed by atoms with Crippen molar-refractivity contribution in [2.75, 3.05) is 32.7 Å². The summed E-state index contributed by atoms with van der Waals surface area (Å²) in [4.78, 5) is 27.4. The predicted molar refractivity (Wildman–Crippen MR) is 227 cm³/mol. The van der Waals surface area contributed by atoms with Gasteiger partial charge in [-0.3, -0.25) is 9.80 Å². The Balaban J connectivity index is 1.43. The second kappa shape index (κ2) is 16.9. The van der Waals surface area contributed by atoms with Crippen LogP contribution in [0.2, 0.25) is 0 Å². The lowest BCUT2D eigenvalue weighted by Crippen LogP contribution is -2.46. The zero-order chi connectivity index (χ0) is 49.1. The number of pyridine rings is 1. The number of amidine groups is 4. The minimum Gasteiger partial charge on any atom is -0.323 e. The molecule has 0 saturated heterocycles. The molecule has 0 spiro atoms. The van der Waals surface area contributed by atoms with Crippen LogP contribution >= 0.6 is 0 Å². The average molecular weight is 950 g/mol. The number of benzene rings is 4. The molecule has 0 saturated carbocycles. The maximum Gasteiger partial charge on any atom is 0.416 e. The summed E-state index contributed by atoms with van der Waals surface area (Å²) in [6.45, 7) is 2.87. The van der Waals surface area contributed by atoms with E-state index in [4.69, 9.17) is 0 Å². The van der Waals surface area contributed by atoms with Gasteiger partial charge in [0.15, 0.2) is 34.9 Å². The molecular formula is C45H27F12N11. The lowest BCUT2D eigenvalue weighted by Gasteiger charge is -2.38. The SMILES string of the molecule is CCN(C1=NC(=C2N=C3C(=N2)N(c2cccc(C(F)(F)F)c2)c2nc(C#N)c(C#N)cc2N3c2cccc(C(F)(F)F)c2)N=C1N(CC)c1cccc(C(F)(F)F)c1)c1cccc(C(F)(F)F)c1. The summed E-state index contributed by atoms with van der Waals surface area (Å²) in [6, 6.07) is 20.2. The number of nitrogens with zero attached hydrogens (tertiary/aromatic N) is 11. The summed E-state index contributed by atoms with van der Waals surface area (Å²) in [5.41, 5.74) is -6.30. The van der Waals surface area contributed by atoms with Gasteiger partial charge in [0.1, 0.15) is 12.1 Å². The molecule has 1 aromatic heterocycles. The van der Waals surface area contributed by atoms with Crippen molar-refractivity contribution in [3.8, 4) is 12.1 Å². The van der Waals surface area contributed by atoms with E-state index in [1.54, 1.807) is 26.0 Å². The zero-order valence-corrected chi connectivity index (χ0v) is 34.7. The number of anilines is 6. The van der Waals surface area contributed by atoms with Gasteiger partial charge in [-0.15, -0.1) is 0 Å². The molecule has 23 heteroatoms. The highest BCUT2D eigenvalue weighted by Crippen LogP contribution is 2.47. The van der Waals surface area contributed by atoms with Crippen molar-refractivity contribution in [1.82, 2.24) is 4.98 Å². The van der Waals surface area contributed by atoms with Crippen LogP contribution in [0, 0.1) is 22.7 Å². The topological polar surface area (TPSA) is 123 Å². The van der Waals surface area contributed by atoms with Crippen LogP contribution in [-0.2, 0) is 24.7 Å². The number of rotatable bonds is 6. The van der Waals surface area contributed by atoms with Gasteiger partial charge in [-0.2, -0.15) is 63.2 Å². The van der Waals surface area contributed by atoms with Crippen LogP contribution in [0.4, 0.5) is 86.9 Å². The van der Waals surface area contributed by atoms with Crippen molar-refractivity contribution >= 4 is 57.6 Å². The molecule has 3 aliphatic heterocycles. The van der Waals surface area contributed by atoms with E-state index < -0.39 is 70.1 Å². The van der Waals surface area contributed by atoms with Crippen LogP contribution in [0.15, 0.2) is 135 Å². The van der Waals surface area contributed by atoms with E-state index in [1.807, 2.05) is 0 Å². The second-order valence-electron chi connectivity index (χ2n) is 14.7. The molecule has 11 nitrogen and oxygen atoms in total. The van der Waals surface area contributed by atoms with Crippen molar-refractivity contribution in [2.24, 2.45) is 20.0 Å². The van der Waals surface area contributed by atoms with Crippen molar-refractivity contribution in [3.05, 3.63) is 148 Å². The fourth-order valence-corrected chi connectivity index (χ4v) is 7.48. The Bertz CT molecular complexity index is 2910. The Labute approximate surface area is 376 Å². The van der Waals surface area contributed by atoms with Gasteiger partial charge in [-0.25, -0.2) is 25.0 Å². The minimum atomic E-state index is -4.91. The van der Waals surface area contributed by atoms with Crippen molar-refractivity contribution in [1.29, 1.82) is 10.5 Å². The molecule has 5 aromatic rings. The largest absolute Gasteiger partial charge is 0.416 e. The molecule has 0 N–H and O–H groups in total. The molecule has 4 aromatic carbocycles. The number of hydrogen-bond donors (Lipinski definition) is 0. The molecule has 3 aliphatic rings. The van der Waals surface area contributed by atoms with Crippen LogP contribution in [-0.4, -0.2) is 41.4 Å². The fraction of sp³-hybridized carbons (Fsp3) is 0.178. The molecule has 0 bridgehead atoms. The van der Waals surface area contributed by atoms with Gasteiger partial charge in [0.2, 0.25) is 11.6 Å². The van der Waals surface area contributed by atoms with E-state index >= 15 is 0 Å². The fourth-order valence-electron chi connectivity index (χ4n) is 7.48. The van der Waals surface area contributed by atoms with Crippen molar-refractivity contribution < 1.29 is 52.7 Å². The third-order valence-corrected chi connectivity index (χ3v) is 10.5. The number of aliphatic imine (C=N–C) groups is 4. The van der Waals surface area contributed by atoms with Gasteiger partial charge in [0.05, 0.1) is 33.5 Å². The van der Waals surface area contributed by atoms with Crippen LogP contribution in [0.1, 0.15) is 47.4 Å². The maximum atomic E-state index is 14.2. The molecule has 0 radical (unpaired) electrons.